The number of aromatic nitrogens is 3. The lowest BCUT2D eigenvalue weighted by Gasteiger charge is -2.19. The van der Waals surface area contributed by atoms with Crippen molar-refractivity contribution in [2.75, 3.05) is 0 Å². The Bertz CT molecular complexity index is 2810. The Morgan fingerprint density at radius 1 is 0.500 bits per heavy atom. The zero-order valence-corrected chi connectivity index (χ0v) is 30.5. The molecule has 0 amide bonds. The van der Waals surface area contributed by atoms with Crippen molar-refractivity contribution in [3.8, 4) is 39.3 Å². The van der Waals surface area contributed by atoms with Crippen LogP contribution in [0.5, 0.6) is 0 Å². The highest BCUT2D eigenvalue weighted by Gasteiger charge is 2.24. The van der Waals surface area contributed by atoms with Crippen LogP contribution in [0.25, 0.3) is 83.1 Å². The second kappa shape index (κ2) is 11.8. The zero-order valence-electron chi connectivity index (χ0n) is 30.5. The molecule has 0 radical (unpaired) electrons. The van der Waals surface area contributed by atoms with Gasteiger partial charge in [0.15, 0.2) is 0 Å². The lowest BCUT2D eigenvalue weighted by molar-refractivity contribution is 0.589. The van der Waals surface area contributed by atoms with Crippen LogP contribution in [0.1, 0.15) is 52.7 Å². The topological polar surface area (TPSA) is 43.9 Å². The molecule has 5 aromatic carbocycles. The van der Waals surface area contributed by atoms with E-state index in [1.165, 1.54) is 21.9 Å². The minimum Gasteiger partial charge on any atom is -0.455 e. The second-order valence-corrected chi connectivity index (χ2v) is 16.0. The van der Waals surface area contributed by atoms with Crippen LogP contribution in [0.3, 0.4) is 0 Å². The molecule has 0 N–H and O–H groups in total. The van der Waals surface area contributed by atoms with Crippen LogP contribution in [0, 0.1) is 0 Å². The van der Waals surface area contributed by atoms with Crippen LogP contribution in [-0.2, 0) is 10.8 Å². The van der Waals surface area contributed by atoms with Crippen molar-refractivity contribution < 1.29 is 4.42 Å². The van der Waals surface area contributed by atoms with Crippen molar-refractivity contribution in [2.45, 2.75) is 52.4 Å². The maximum absolute atomic E-state index is 6.96. The average molecular weight is 676 g/mol. The summed E-state index contributed by atoms with van der Waals surface area (Å²) in [4.78, 5) is 9.80. The molecule has 0 unspecified atom stereocenters. The van der Waals surface area contributed by atoms with E-state index in [-0.39, 0.29) is 10.8 Å². The Morgan fingerprint density at radius 2 is 1.17 bits per heavy atom. The van der Waals surface area contributed by atoms with Crippen LogP contribution in [0.2, 0.25) is 0 Å². The number of para-hydroxylation sites is 1. The Morgan fingerprint density at radius 3 is 1.92 bits per heavy atom. The summed E-state index contributed by atoms with van der Waals surface area (Å²) in [5, 5.41) is 4.55. The van der Waals surface area contributed by atoms with Crippen LogP contribution < -0.4 is 0 Å². The summed E-state index contributed by atoms with van der Waals surface area (Å²) < 4.78 is 9.35. The van der Waals surface area contributed by atoms with E-state index in [0.29, 0.717) is 0 Å². The van der Waals surface area contributed by atoms with Crippen molar-refractivity contribution in [2.24, 2.45) is 0 Å². The average Bonchev–Trinajstić information content (AvgIpc) is 3.69. The van der Waals surface area contributed by atoms with Crippen molar-refractivity contribution >= 4 is 43.7 Å². The fourth-order valence-electron chi connectivity index (χ4n) is 7.58. The number of pyridine rings is 2. The molecule has 52 heavy (non-hydrogen) atoms. The van der Waals surface area contributed by atoms with E-state index < -0.39 is 0 Å². The summed E-state index contributed by atoms with van der Waals surface area (Å²) in [5.74, 6) is 0. The maximum Gasteiger partial charge on any atom is 0.145 e. The van der Waals surface area contributed by atoms with E-state index >= 15 is 0 Å². The molecule has 4 heteroatoms. The van der Waals surface area contributed by atoms with Crippen LogP contribution >= 0.6 is 0 Å². The smallest absolute Gasteiger partial charge is 0.145 e. The number of rotatable bonds is 4. The quantitative estimate of drug-likeness (QED) is 0.186. The van der Waals surface area contributed by atoms with Crippen LogP contribution in [0.4, 0.5) is 0 Å². The Kier molecular flexibility index (Phi) is 7.24. The molecule has 0 fully saturated rings. The summed E-state index contributed by atoms with van der Waals surface area (Å²) in [6, 6.07) is 45.6. The van der Waals surface area contributed by atoms with E-state index in [9.17, 15) is 0 Å². The molecule has 4 aromatic heterocycles. The van der Waals surface area contributed by atoms with E-state index in [2.05, 4.69) is 174 Å². The summed E-state index contributed by atoms with van der Waals surface area (Å²) in [6.45, 7) is 13.5. The molecule has 9 aromatic rings. The van der Waals surface area contributed by atoms with Gasteiger partial charge in [0.05, 0.1) is 22.4 Å². The molecule has 254 valence electrons. The third kappa shape index (κ3) is 5.29. The van der Waals surface area contributed by atoms with Gasteiger partial charge in [-0.3, -0.25) is 9.97 Å². The fraction of sp³-hybridized carbons (Fsp3) is 0.167. The zero-order chi connectivity index (χ0) is 35.8. The first-order valence-corrected chi connectivity index (χ1v) is 18.1. The van der Waals surface area contributed by atoms with Gasteiger partial charge in [0, 0.05) is 50.8 Å². The number of hydrogen-bond donors (Lipinski definition) is 0. The molecule has 0 spiro atoms. The molecule has 0 aliphatic carbocycles. The molecule has 0 bridgehead atoms. The van der Waals surface area contributed by atoms with E-state index in [4.69, 9.17) is 14.4 Å². The Hall–Kier alpha value is -6.00. The van der Waals surface area contributed by atoms with E-state index in [0.717, 1.165) is 72.3 Å². The highest BCUT2D eigenvalue weighted by atomic mass is 16.3. The first-order valence-electron chi connectivity index (χ1n) is 18.1. The van der Waals surface area contributed by atoms with Gasteiger partial charge in [0.1, 0.15) is 11.2 Å². The third-order valence-corrected chi connectivity index (χ3v) is 10.4. The molecule has 0 saturated carbocycles. The number of furan rings is 1. The SMILES string of the molecule is CC(C)(C)c1ccnc(-c2cccc(-n3c4ccccc4c4c5c(oc6cc(-c7ccccc7)ccc65)c(-c5cc(C(C)(C)C)ccn5)cc43)c2)c1. The van der Waals surface area contributed by atoms with Gasteiger partial charge in [0.25, 0.3) is 0 Å². The monoisotopic (exact) mass is 675 g/mol. The largest absolute Gasteiger partial charge is 0.455 e. The van der Waals surface area contributed by atoms with Gasteiger partial charge in [-0.05, 0) is 93.7 Å². The minimum absolute atomic E-state index is 0.0253. The molecule has 9 rings (SSSR count). The van der Waals surface area contributed by atoms with Crippen molar-refractivity contribution in [3.63, 3.8) is 0 Å². The normalized spacial score (nSPS) is 12.4. The molecule has 0 aliphatic rings. The lowest BCUT2D eigenvalue weighted by atomic mass is 9.86. The van der Waals surface area contributed by atoms with Crippen molar-refractivity contribution in [1.29, 1.82) is 0 Å². The summed E-state index contributed by atoms with van der Waals surface area (Å²) in [5.41, 5.74) is 13.7. The van der Waals surface area contributed by atoms with Crippen LogP contribution in [-0.4, -0.2) is 14.5 Å². The number of hydrogen-bond acceptors (Lipinski definition) is 3. The van der Waals surface area contributed by atoms with Gasteiger partial charge in [-0.15, -0.1) is 0 Å². The lowest BCUT2D eigenvalue weighted by Crippen LogP contribution is -2.11. The maximum atomic E-state index is 6.96. The van der Waals surface area contributed by atoms with Crippen LogP contribution in [0.15, 0.2) is 144 Å². The van der Waals surface area contributed by atoms with Gasteiger partial charge < -0.3 is 8.98 Å². The molecule has 4 nitrogen and oxygen atoms in total. The number of fused-ring (bicyclic) bond motifs is 7. The van der Waals surface area contributed by atoms with Gasteiger partial charge >= 0.3 is 0 Å². The standard InChI is InChI=1S/C48H41N3O/c1-47(2,3)33-21-23-49-39(27-33)32-15-12-16-35(25-32)51-41-18-11-10-17-36(41)44-42(51)29-38(40-28-34(22-24-50-40)48(4,5)6)46-45(44)37-20-19-31(26-43(37)52-46)30-13-8-7-9-14-30/h7-29H,1-6H3. The highest BCUT2D eigenvalue weighted by molar-refractivity contribution is 6.30. The van der Waals surface area contributed by atoms with E-state index in [1.807, 2.05) is 12.4 Å². The highest BCUT2D eigenvalue weighted by Crippen LogP contribution is 2.46. The fourth-order valence-corrected chi connectivity index (χ4v) is 7.58. The first-order chi connectivity index (χ1) is 25.0. The van der Waals surface area contributed by atoms with Gasteiger partial charge in [-0.1, -0.05) is 108 Å². The van der Waals surface area contributed by atoms with Crippen molar-refractivity contribution in [1.82, 2.24) is 14.5 Å². The summed E-state index contributed by atoms with van der Waals surface area (Å²) >= 11 is 0. The molecule has 0 aliphatic heterocycles. The van der Waals surface area contributed by atoms with Crippen molar-refractivity contribution in [3.05, 3.63) is 151 Å². The predicted molar refractivity (Wildman–Crippen MR) is 217 cm³/mol. The minimum atomic E-state index is -0.0347. The molecule has 0 saturated heterocycles. The number of benzene rings is 5. The van der Waals surface area contributed by atoms with Gasteiger partial charge in [-0.25, -0.2) is 0 Å². The third-order valence-electron chi connectivity index (χ3n) is 10.4. The van der Waals surface area contributed by atoms with E-state index in [1.54, 1.807) is 0 Å². The Balaban J connectivity index is 1.37. The molecular formula is C48H41N3O. The van der Waals surface area contributed by atoms with Gasteiger partial charge in [0.2, 0.25) is 0 Å². The molecule has 4 heterocycles. The molecular weight excluding hydrogens is 635 g/mol. The predicted octanol–water partition coefficient (Wildman–Crippen LogP) is 13.1. The summed E-state index contributed by atoms with van der Waals surface area (Å²) in [6.07, 6.45) is 3.86. The summed E-state index contributed by atoms with van der Waals surface area (Å²) in [7, 11) is 0. The van der Waals surface area contributed by atoms with Gasteiger partial charge in [-0.2, -0.15) is 0 Å². The Labute approximate surface area is 304 Å². The molecule has 0 atom stereocenters. The second-order valence-electron chi connectivity index (χ2n) is 16.0. The first kappa shape index (κ1) is 31.9. The number of nitrogens with zero attached hydrogens (tertiary/aromatic N) is 3.